The van der Waals surface area contributed by atoms with E-state index in [1.807, 2.05) is 6.07 Å². The summed E-state index contributed by atoms with van der Waals surface area (Å²) in [7, 11) is 0. The van der Waals surface area contributed by atoms with E-state index in [2.05, 4.69) is 26.8 Å². The molecular weight excluding hydrogens is 432 g/mol. The van der Waals surface area contributed by atoms with Crippen LogP contribution in [0, 0.1) is 0 Å². The number of hydrogen-bond acceptors (Lipinski definition) is 5. The zero-order chi connectivity index (χ0) is 19.2. The topological polar surface area (TPSA) is 84.5 Å². The first kappa shape index (κ1) is 19.6. The molecule has 2 N–H and O–H groups in total. The number of aryl methyl sites for hydroxylation is 2. The largest absolute Gasteiger partial charge is 0.451 e. The minimum atomic E-state index is -0.605. The molecule has 1 aromatic heterocycles. The first-order chi connectivity index (χ1) is 13.0. The predicted octanol–water partition coefficient (Wildman–Crippen LogP) is 3.40. The average molecular weight is 451 g/mol. The number of fused-ring (bicyclic) bond motifs is 1. The minimum Gasteiger partial charge on any atom is -0.451 e. The van der Waals surface area contributed by atoms with Gasteiger partial charge in [-0.15, -0.1) is 11.3 Å². The Hall–Kier alpha value is -2.19. The van der Waals surface area contributed by atoms with Crippen molar-refractivity contribution >= 4 is 45.1 Å². The number of carbonyl (C=O) groups excluding carboxylic acids is 3. The van der Waals surface area contributed by atoms with Gasteiger partial charge in [0.1, 0.15) is 4.88 Å². The molecule has 2 amide bonds. The second-order valence-electron chi connectivity index (χ2n) is 6.21. The smallest absolute Gasteiger partial charge is 0.348 e. The Balaban J connectivity index is 1.45. The van der Waals surface area contributed by atoms with Gasteiger partial charge in [0.15, 0.2) is 6.61 Å². The van der Waals surface area contributed by atoms with Gasteiger partial charge < -0.3 is 4.74 Å². The first-order valence-corrected chi connectivity index (χ1v) is 10.3. The number of benzene rings is 1. The number of thiophene rings is 1. The van der Waals surface area contributed by atoms with Crippen LogP contribution in [0.2, 0.25) is 0 Å². The highest BCUT2D eigenvalue weighted by molar-refractivity contribution is 9.10. The summed E-state index contributed by atoms with van der Waals surface area (Å²) in [5, 5.41) is 0. The van der Waals surface area contributed by atoms with Crippen LogP contribution in [0.4, 0.5) is 0 Å². The van der Waals surface area contributed by atoms with Crippen LogP contribution in [0.1, 0.15) is 49.7 Å². The number of esters is 1. The van der Waals surface area contributed by atoms with Crippen molar-refractivity contribution in [2.45, 2.75) is 32.1 Å². The van der Waals surface area contributed by atoms with E-state index in [-0.39, 0.29) is 0 Å². The Morgan fingerprint density at radius 2 is 1.78 bits per heavy atom. The number of rotatable bonds is 4. The van der Waals surface area contributed by atoms with E-state index in [4.69, 9.17) is 4.74 Å². The molecule has 8 heteroatoms. The lowest BCUT2D eigenvalue weighted by atomic mass is 10.1. The van der Waals surface area contributed by atoms with Crippen molar-refractivity contribution in [1.82, 2.24) is 10.9 Å². The molecule has 1 heterocycles. The van der Waals surface area contributed by atoms with Gasteiger partial charge in [0.2, 0.25) is 0 Å². The van der Waals surface area contributed by atoms with E-state index in [9.17, 15) is 14.4 Å². The summed E-state index contributed by atoms with van der Waals surface area (Å²) in [4.78, 5) is 37.6. The molecule has 0 radical (unpaired) electrons. The SMILES string of the molecule is O=C(COC(=O)c1cc2c(s1)CCCCC2)NNC(=O)c1ccc(Br)cc1. The van der Waals surface area contributed by atoms with E-state index in [0.29, 0.717) is 10.4 Å². The summed E-state index contributed by atoms with van der Waals surface area (Å²) in [6.07, 6.45) is 5.48. The molecule has 3 rings (SSSR count). The Morgan fingerprint density at radius 1 is 1.04 bits per heavy atom. The monoisotopic (exact) mass is 450 g/mol. The van der Waals surface area contributed by atoms with Crippen LogP contribution in [0.25, 0.3) is 0 Å². The maximum absolute atomic E-state index is 12.2. The standard InChI is InChI=1S/C19H19BrN2O4S/c20-14-8-6-12(7-9-14)18(24)22-21-17(23)11-26-19(25)16-10-13-4-2-1-3-5-15(13)27-16/h6-10H,1-5,11H2,(H,21,23)(H,22,24). The highest BCUT2D eigenvalue weighted by Crippen LogP contribution is 2.29. The van der Waals surface area contributed by atoms with Gasteiger partial charge in [0.05, 0.1) is 0 Å². The third-order valence-corrected chi connectivity index (χ3v) is 5.95. The van der Waals surface area contributed by atoms with Crippen LogP contribution in [0.5, 0.6) is 0 Å². The lowest BCUT2D eigenvalue weighted by Gasteiger charge is -2.08. The summed E-state index contributed by atoms with van der Waals surface area (Å²) in [6, 6.07) is 8.56. The molecule has 27 heavy (non-hydrogen) atoms. The van der Waals surface area contributed by atoms with E-state index in [1.165, 1.54) is 28.2 Å². The zero-order valence-electron chi connectivity index (χ0n) is 14.5. The zero-order valence-corrected chi connectivity index (χ0v) is 17.0. The van der Waals surface area contributed by atoms with Crippen LogP contribution in [0.15, 0.2) is 34.8 Å². The van der Waals surface area contributed by atoms with Gasteiger partial charge in [-0.05, 0) is 61.6 Å². The van der Waals surface area contributed by atoms with E-state index >= 15 is 0 Å². The molecule has 0 unspecified atom stereocenters. The molecule has 0 fully saturated rings. The van der Waals surface area contributed by atoms with Crippen molar-refractivity contribution < 1.29 is 19.1 Å². The van der Waals surface area contributed by atoms with Gasteiger partial charge in [-0.25, -0.2) is 4.79 Å². The molecule has 0 spiro atoms. The summed E-state index contributed by atoms with van der Waals surface area (Å²) < 4.78 is 5.90. The summed E-state index contributed by atoms with van der Waals surface area (Å²) in [5.41, 5.74) is 6.14. The Morgan fingerprint density at radius 3 is 2.56 bits per heavy atom. The Bertz CT molecular complexity index is 824. The van der Waals surface area contributed by atoms with Crippen molar-refractivity contribution in [3.8, 4) is 0 Å². The molecule has 1 aromatic carbocycles. The molecule has 2 aromatic rings. The van der Waals surface area contributed by atoms with Crippen LogP contribution in [-0.4, -0.2) is 24.4 Å². The fourth-order valence-corrected chi connectivity index (χ4v) is 4.22. The van der Waals surface area contributed by atoms with E-state index in [1.54, 1.807) is 24.3 Å². The highest BCUT2D eigenvalue weighted by Gasteiger charge is 2.18. The second kappa shape index (κ2) is 9.14. The van der Waals surface area contributed by atoms with Crippen molar-refractivity contribution in [2.75, 3.05) is 6.61 Å². The molecule has 0 saturated heterocycles. The molecule has 1 aliphatic carbocycles. The third kappa shape index (κ3) is 5.40. The van der Waals surface area contributed by atoms with Crippen LogP contribution in [-0.2, 0) is 22.4 Å². The third-order valence-electron chi connectivity index (χ3n) is 4.20. The predicted molar refractivity (Wildman–Crippen MR) is 106 cm³/mol. The number of carbonyl (C=O) groups is 3. The molecule has 0 saturated carbocycles. The maximum Gasteiger partial charge on any atom is 0.348 e. The molecule has 0 atom stereocenters. The first-order valence-electron chi connectivity index (χ1n) is 8.66. The lowest BCUT2D eigenvalue weighted by Crippen LogP contribution is -2.43. The average Bonchev–Trinajstić information content (AvgIpc) is 2.95. The number of nitrogens with one attached hydrogen (secondary N) is 2. The van der Waals surface area contributed by atoms with E-state index < -0.39 is 24.4 Å². The summed E-state index contributed by atoms with van der Waals surface area (Å²) in [5.74, 6) is -1.57. The van der Waals surface area contributed by atoms with Crippen molar-refractivity contribution in [2.24, 2.45) is 0 Å². The van der Waals surface area contributed by atoms with Crippen LogP contribution < -0.4 is 10.9 Å². The normalized spacial score (nSPS) is 13.2. The second-order valence-corrected chi connectivity index (χ2v) is 8.26. The summed E-state index contributed by atoms with van der Waals surface area (Å²) >= 11 is 4.73. The van der Waals surface area contributed by atoms with Crippen LogP contribution in [0.3, 0.4) is 0 Å². The Labute approximate surface area is 169 Å². The minimum absolute atomic E-state index is 0.399. The van der Waals surface area contributed by atoms with Crippen molar-refractivity contribution in [1.29, 1.82) is 0 Å². The highest BCUT2D eigenvalue weighted by atomic mass is 79.9. The molecule has 0 bridgehead atoms. The molecule has 0 aliphatic heterocycles. The Kier molecular flexibility index (Phi) is 6.63. The van der Waals surface area contributed by atoms with Crippen LogP contribution >= 0.6 is 27.3 Å². The number of ether oxygens (including phenoxy) is 1. The fraction of sp³-hybridized carbons (Fsp3) is 0.316. The molecule has 1 aliphatic rings. The molecular formula is C19H19BrN2O4S. The number of amides is 2. The number of hydrazine groups is 1. The van der Waals surface area contributed by atoms with Gasteiger partial charge in [0.25, 0.3) is 11.8 Å². The van der Waals surface area contributed by atoms with Crippen molar-refractivity contribution in [3.05, 3.63) is 55.7 Å². The molecule has 142 valence electrons. The van der Waals surface area contributed by atoms with Gasteiger partial charge in [-0.2, -0.15) is 0 Å². The van der Waals surface area contributed by atoms with Crippen molar-refractivity contribution in [3.63, 3.8) is 0 Å². The van der Waals surface area contributed by atoms with Gasteiger partial charge >= 0.3 is 5.97 Å². The number of halogens is 1. The van der Waals surface area contributed by atoms with Gasteiger partial charge in [0, 0.05) is 14.9 Å². The maximum atomic E-state index is 12.2. The van der Waals surface area contributed by atoms with E-state index in [0.717, 1.165) is 30.2 Å². The lowest BCUT2D eigenvalue weighted by molar-refractivity contribution is -0.125. The quantitative estimate of drug-likeness (QED) is 0.424. The molecule has 6 nitrogen and oxygen atoms in total. The fourth-order valence-electron chi connectivity index (χ4n) is 2.81. The summed E-state index contributed by atoms with van der Waals surface area (Å²) in [6.45, 7) is -0.456. The number of hydrogen-bond donors (Lipinski definition) is 2. The van der Waals surface area contributed by atoms with Gasteiger partial charge in [-0.1, -0.05) is 22.4 Å². The van der Waals surface area contributed by atoms with Gasteiger partial charge in [-0.3, -0.25) is 20.4 Å².